The lowest BCUT2D eigenvalue weighted by Crippen LogP contribution is -2.26. The molecule has 0 radical (unpaired) electrons. The summed E-state index contributed by atoms with van der Waals surface area (Å²) in [6.07, 6.45) is -0.102. The van der Waals surface area contributed by atoms with Gasteiger partial charge in [0.1, 0.15) is 0 Å². The molecule has 0 heterocycles. The Hall–Kier alpha value is -2.04. The van der Waals surface area contributed by atoms with Crippen LogP contribution in [0.25, 0.3) is 0 Å². The number of anilines is 1. The van der Waals surface area contributed by atoms with Gasteiger partial charge < -0.3 is 14.7 Å². The maximum absolute atomic E-state index is 11.8. The predicted molar refractivity (Wildman–Crippen MR) is 77.1 cm³/mol. The highest BCUT2D eigenvalue weighted by atomic mass is 16.5. The van der Waals surface area contributed by atoms with Crippen LogP contribution in [0.2, 0.25) is 0 Å². The Balaban J connectivity index is 2.84. The molecule has 1 aromatic rings. The monoisotopic (exact) mass is 279 g/mol. The van der Waals surface area contributed by atoms with Crippen molar-refractivity contribution < 1.29 is 19.4 Å². The van der Waals surface area contributed by atoms with E-state index in [0.29, 0.717) is 18.7 Å². The summed E-state index contributed by atoms with van der Waals surface area (Å²) in [5.74, 6) is -1.20. The van der Waals surface area contributed by atoms with Gasteiger partial charge in [-0.15, -0.1) is 0 Å². The molecule has 0 spiro atoms. The molecular formula is C15H21NO4. The minimum Gasteiger partial charge on any atom is -0.481 e. The predicted octanol–water partition coefficient (Wildman–Crippen LogP) is 2.55. The molecule has 0 unspecified atom stereocenters. The Labute approximate surface area is 119 Å². The molecule has 0 atom stereocenters. The van der Waals surface area contributed by atoms with Gasteiger partial charge in [0.15, 0.2) is 0 Å². The summed E-state index contributed by atoms with van der Waals surface area (Å²) in [4.78, 5) is 24.4. The van der Waals surface area contributed by atoms with E-state index in [4.69, 9.17) is 9.84 Å². The number of esters is 1. The van der Waals surface area contributed by atoms with Crippen molar-refractivity contribution in [3.63, 3.8) is 0 Å². The van der Waals surface area contributed by atoms with Crippen LogP contribution in [0.5, 0.6) is 0 Å². The molecule has 0 aliphatic carbocycles. The second-order valence-electron chi connectivity index (χ2n) is 4.73. The molecule has 5 nitrogen and oxygen atoms in total. The van der Waals surface area contributed by atoms with Crippen LogP contribution in [0.1, 0.15) is 37.6 Å². The third kappa shape index (κ3) is 4.91. The van der Waals surface area contributed by atoms with Gasteiger partial charge in [-0.1, -0.05) is 6.07 Å². The first-order valence-electron chi connectivity index (χ1n) is 6.71. The number of carboxylic acids is 1. The van der Waals surface area contributed by atoms with Crippen molar-refractivity contribution in [1.29, 1.82) is 0 Å². The number of benzene rings is 1. The fourth-order valence-corrected chi connectivity index (χ4v) is 1.81. The SMILES string of the molecule is CCN(CCC(=O)O)c1cccc(C(=O)OC(C)C)c1. The first kappa shape index (κ1) is 16.0. The summed E-state index contributed by atoms with van der Waals surface area (Å²) in [7, 11) is 0. The number of carbonyl (C=O) groups excluding carboxylic acids is 1. The highest BCUT2D eigenvalue weighted by molar-refractivity contribution is 5.90. The Bertz CT molecular complexity index is 471. The number of nitrogens with zero attached hydrogens (tertiary/aromatic N) is 1. The average molecular weight is 279 g/mol. The zero-order valence-electron chi connectivity index (χ0n) is 12.1. The van der Waals surface area contributed by atoms with Crippen LogP contribution in [-0.4, -0.2) is 36.2 Å². The molecule has 0 saturated heterocycles. The minimum atomic E-state index is -0.834. The molecule has 1 N–H and O–H groups in total. The van der Waals surface area contributed by atoms with Gasteiger partial charge in [-0.2, -0.15) is 0 Å². The topological polar surface area (TPSA) is 66.8 Å². The first-order chi connectivity index (χ1) is 9.43. The van der Waals surface area contributed by atoms with Gasteiger partial charge in [-0.05, 0) is 39.0 Å². The largest absolute Gasteiger partial charge is 0.481 e. The molecule has 20 heavy (non-hydrogen) atoms. The van der Waals surface area contributed by atoms with Crippen LogP contribution in [0, 0.1) is 0 Å². The van der Waals surface area contributed by atoms with E-state index in [2.05, 4.69) is 0 Å². The van der Waals surface area contributed by atoms with E-state index < -0.39 is 5.97 Å². The number of carboxylic acid groups (broad SMARTS) is 1. The number of aliphatic carboxylic acids is 1. The molecule has 0 saturated carbocycles. The lowest BCUT2D eigenvalue weighted by Gasteiger charge is -2.22. The van der Waals surface area contributed by atoms with Gasteiger partial charge in [-0.25, -0.2) is 4.79 Å². The summed E-state index contributed by atoms with van der Waals surface area (Å²) < 4.78 is 5.15. The first-order valence-corrected chi connectivity index (χ1v) is 6.71. The minimum absolute atomic E-state index is 0.0640. The number of rotatable bonds is 7. The third-order valence-corrected chi connectivity index (χ3v) is 2.77. The van der Waals surface area contributed by atoms with Crippen LogP contribution < -0.4 is 4.90 Å². The van der Waals surface area contributed by atoms with Crippen molar-refractivity contribution in [2.45, 2.75) is 33.3 Å². The van der Waals surface area contributed by atoms with Crippen molar-refractivity contribution in [1.82, 2.24) is 0 Å². The third-order valence-electron chi connectivity index (χ3n) is 2.77. The molecule has 110 valence electrons. The normalized spacial score (nSPS) is 10.4. The smallest absolute Gasteiger partial charge is 0.338 e. The summed E-state index contributed by atoms with van der Waals surface area (Å²) in [5, 5.41) is 8.75. The maximum atomic E-state index is 11.8. The highest BCUT2D eigenvalue weighted by Crippen LogP contribution is 2.17. The van der Waals surface area contributed by atoms with E-state index in [9.17, 15) is 9.59 Å². The van der Waals surface area contributed by atoms with Gasteiger partial charge in [0.05, 0.1) is 18.1 Å². The van der Waals surface area contributed by atoms with E-state index in [1.807, 2.05) is 17.9 Å². The molecule has 1 aromatic carbocycles. The number of hydrogen-bond acceptors (Lipinski definition) is 4. The molecular weight excluding hydrogens is 258 g/mol. The maximum Gasteiger partial charge on any atom is 0.338 e. The Kier molecular flexibility index (Phi) is 6.03. The van der Waals surface area contributed by atoms with Gasteiger partial charge in [0, 0.05) is 18.8 Å². The molecule has 5 heteroatoms. The molecule has 0 fully saturated rings. The fraction of sp³-hybridized carbons (Fsp3) is 0.467. The standard InChI is InChI=1S/C15H21NO4/c1-4-16(9-8-14(17)18)13-7-5-6-12(10-13)15(19)20-11(2)3/h5-7,10-11H,4,8-9H2,1-3H3,(H,17,18). The van der Waals surface area contributed by atoms with Crippen molar-refractivity contribution in [3.8, 4) is 0 Å². The van der Waals surface area contributed by atoms with E-state index >= 15 is 0 Å². The molecule has 0 aliphatic heterocycles. The van der Waals surface area contributed by atoms with Crippen molar-refractivity contribution in [2.24, 2.45) is 0 Å². The van der Waals surface area contributed by atoms with E-state index in [0.717, 1.165) is 5.69 Å². The van der Waals surface area contributed by atoms with Gasteiger partial charge >= 0.3 is 11.9 Å². The molecule has 1 rings (SSSR count). The highest BCUT2D eigenvalue weighted by Gasteiger charge is 2.12. The number of carbonyl (C=O) groups is 2. The Morgan fingerprint density at radius 3 is 2.60 bits per heavy atom. The van der Waals surface area contributed by atoms with Crippen molar-refractivity contribution in [3.05, 3.63) is 29.8 Å². The second-order valence-corrected chi connectivity index (χ2v) is 4.73. The molecule has 0 amide bonds. The van der Waals surface area contributed by atoms with E-state index in [1.165, 1.54) is 0 Å². The Morgan fingerprint density at radius 2 is 2.05 bits per heavy atom. The molecule has 0 aliphatic rings. The second kappa shape index (κ2) is 7.53. The summed E-state index contributed by atoms with van der Waals surface area (Å²) in [6.45, 7) is 6.63. The Morgan fingerprint density at radius 1 is 1.35 bits per heavy atom. The lowest BCUT2D eigenvalue weighted by molar-refractivity contribution is -0.136. The van der Waals surface area contributed by atoms with Gasteiger partial charge in [0.25, 0.3) is 0 Å². The van der Waals surface area contributed by atoms with E-state index in [1.54, 1.807) is 32.0 Å². The summed E-state index contributed by atoms with van der Waals surface area (Å²) in [6, 6.07) is 7.06. The molecule has 0 bridgehead atoms. The summed E-state index contributed by atoms with van der Waals surface area (Å²) >= 11 is 0. The van der Waals surface area contributed by atoms with Crippen molar-refractivity contribution >= 4 is 17.6 Å². The van der Waals surface area contributed by atoms with Crippen LogP contribution in [-0.2, 0) is 9.53 Å². The average Bonchev–Trinajstić information content (AvgIpc) is 2.38. The van der Waals surface area contributed by atoms with Gasteiger partial charge in [0.2, 0.25) is 0 Å². The van der Waals surface area contributed by atoms with Crippen molar-refractivity contribution in [2.75, 3.05) is 18.0 Å². The quantitative estimate of drug-likeness (QED) is 0.777. The zero-order valence-corrected chi connectivity index (χ0v) is 12.1. The number of hydrogen-bond donors (Lipinski definition) is 1. The fourth-order valence-electron chi connectivity index (χ4n) is 1.81. The van der Waals surface area contributed by atoms with Crippen LogP contribution >= 0.6 is 0 Å². The number of ether oxygens (including phenoxy) is 1. The van der Waals surface area contributed by atoms with Crippen LogP contribution in [0.3, 0.4) is 0 Å². The zero-order chi connectivity index (χ0) is 15.1. The lowest BCUT2D eigenvalue weighted by atomic mass is 10.2. The van der Waals surface area contributed by atoms with E-state index in [-0.39, 0.29) is 18.5 Å². The van der Waals surface area contributed by atoms with Crippen LogP contribution in [0.15, 0.2) is 24.3 Å². The van der Waals surface area contributed by atoms with Crippen LogP contribution in [0.4, 0.5) is 5.69 Å². The molecule has 0 aromatic heterocycles. The summed E-state index contributed by atoms with van der Waals surface area (Å²) in [5.41, 5.74) is 1.30. The van der Waals surface area contributed by atoms with Gasteiger partial charge in [-0.3, -0.25) is 4.79 Å².